The van der Waals surface area contributed by atoms with Gasteiger partial charge in [0, 0.05) is 31.6 Å². The monoisotopic (exact) mass is 481 g/mol. The number of amides is 2. The van der Waals surface area contributed by atoms with Crippen LogP contribution in [0.15, 0.2) is 24.3 Å². The molecule has 2 heterocycles. The average Bonchev–Trinajstić information content (AvgIpc) is 2.78. The fourth-order valence-corrected chi connectivity index (χ4v) is 4.52. The lowest BCUT2D eigenvalue weighted by Gasteiger charge is -2.34. The molecule has 1 unspecified atom stereocenters. The Morgan fingerprint density at radius 2 is 1.76 bits per heavy atom. The smallest absolute Gasteiger partial charge is 0.249 e. The summed E-state index contributed by atoms with van der Waals surface area (Å²) in [5.41, 5.74) is 0.921. The third-order valence-corrected chi connectivity index (χ3v) is 6.44. The predicted octanol–water partition coefficient (Wildman–Crippen LogP) is 4.37. The lowest BCUT2D eigenvalue weighted by molar-refractivity contribution is -0.133. The van der Waals surface area contributed by atoms with Crippen molar-refractivity contribution in [2.45, 2.75) is 37.6 Å². The van der Waals surface area contributed by atoms with E-state index in [1.165, 1.54) is 13.2 Å². The zero-order valence-electron chi connectivity index (χ0n) is 17.9. The molecule has 0 radical (unpaired) electrons. The van der Waals surface area contributed by atoms with Crippen molar-refractivity contribution >= 4 is 34.8 Å². The molecule has 176 valence electrons. The van der Waals surface area contributed by atoms with Gasteiger partial charge in [0.15, 0.2) is 0 Å². The van der Waals surface area contributed by atoms with Gasteiger partial charge in [-0.25, -0.2) is 13.2 Å². The lowest BCUT2D eigenvalue weighted by atomic mass is 9.88. The Morgan fingerprint density at radius 3 is 2.42 bits per heavy atom. The highest BCUT2D eigenvalue weighted by atomic mass is 35.5. The molecular weight excluding hydrogens is 459 g/mol. The highest BCUT2D eigenvalue weighted by Gasteiger charge is 2.29. The molecule has 4 rings (SSSR count). The summed E-state index contributed by atoms with van der Waals surface area (Å²) in [6.45, 7) is 0.835. The molecule has 0 bridgehead atoms. The standard InChI is InChI=1S/C23H23ClF3N3O3/c1-33-21-8-13(15(25)10-19(21)28-18-2-3-22(31)29-23(18)32)12-4-6-30(7-5-12)20-11-16(26)14(24)9-17(20)27/h8-12,18,28H,2-7H2,1H3,(H,29,31,32). The van der Waals surface area contributed by atoms with Gasteiger partial charge in [-0.3, -0.25) is 14.9 Å². The van der Waals surface area contributed by atoms with E-state index in [1.807, 2.05) is 0 Å². The summed E-state index contributed by atoms with van der Waals surface area (Å²) < 4.78 is 48.5. The predicted molar refractivity (Wildman–Crippen MR) is 118 cm³/mol. The molecule has 1 atom stereocenters. The Hall–Kier alpha value is -2.94. The van der Waals surface area contributed by atoms with Gasteiger partial charge in [-0.15, -0.1) is 0 Å². The van der Waals surface area contributed by atoms with Crippen LogP contribution in [0.1, 0.15) is 37.2 Å². The molecule has 2 aromatic carbocycles. The zero-order chi connectivity index (χ0) is 23.7. The molecular formula is C23H23ClF3N3O3. The van der Waals surface area contributed by atoms with E-state index in [1.54, 1.807) is 11.0 Å². The summed E-state index contributed by atoms with van der Waals surface area (Å²) in [6, 6.07) is 4.26. The van der Waals surface area contributed by atoms with Crippen molar-refractivity contribution in [3.05, 3.63) is 52.3 Å². The highest BCUT2D eigenvalue weighted by molar-refractivity contribution is 6.30. The molecule has 2 aliphatic heterocycles. The fourth-order valence-electron chi connectivity index (χ4n) is 4.37. The van der Waals surface area contributed by atoms with Crippen LogP contribution in [0, 0.1) is 17.5 Å². The second kappa shape index (κ2) is 9.51. The van der Waals surface area contributed by atoms with E-state index in [0.717, 1.165) is 12.1 Å². The molecule has 33 heavy (non-hydrogen) atoms. The van der Waals surface area contributed by atoms with E-state index in [0.29, 0.717) is 49.4 Å². The zero-order valence-corrected chi connectivity index (χ0v) is 18.6. The van der Waals surface area contributed by atoms with Gasteiger partial charge in [0.05, 0.1) is 23.5 Å². The first kappa shape index (κ1) is 23.2. The number of imide groups is 1. The minimum atomic E-state index is -0.690. The van der Waals surface area contributed by atoms with Crippen molar-refractivity contribution in [1.29, 1.82) is 0 Å². The van der Waals surface area contributed by atoms with Crippen LogP contribution in [0.2, 0.25) is 5.02 Å². The van der Waals surface area contributed by atoms with Crippen LogP contribution in [-0.2, 0) is 9.59 Å². The maximum atomic E-state index is 15.1. The number of carbonyl (C=O) groups is 2. The number of nitrogens with one attached hydrogen (secondary N) is 2. The van der Waals surface area contributed by atoms with E-state index < -0.39 is 29.4 Å². The van der Waals surface area contributed by atoms with Crippen LogP contribution >= 0.6 is 11.6 Å². The molecule has 2 N–H and O–H groups in total. The number of ether oxygens (including phenoxy) is 1. The third-order valence-electron chi connectivity index (χ3n) is 6.15. The second-order valence-electron chi connectivity index (χ2n) is 8.20. The molecule has 2 aromatic rings. The lowest BCUT2D eigenvalue weighted by Crippen LogP contribution is -2.47. The Labute approximate surface area is 194 Å². The Balaban J connectivity index is 1.48. The molecule has 10 heteroatoms. The summed E-state index contributed by atoms with van der Waals surface area (Å²) in [4.78, 5) is 25.1. The second-order valence-corrected chi connectivity index (χ2v) is 8.61. The van der Waals surface area contributed by atoms with Crippen LogP contribution in [-0.4, -0.2) is 38.1 Å². The topological polar surface area (TPSA) is 70.7 Å². The number of anilines is 2. The molecule has 0 aliphatic carbocycles. The summed E-state index contributed by atoms with van der Waals surface area (Å²) in [5, 5.41) is 4.94. The van der Waals surface area contributed by atoms with Crippen molar-refractivity contribution in [3.63, 3.8) is 0 Å². The number of piperidine rings is 2. The van der Waals surface area contributed by atoms with E-state index in [2.05, 4.69) is 10.6 Å². The highest BCUT2D eigenvalue weighted by Crippen LogP contribution is 2.38. The molecule has 2 fully saturated rings. The average molecular weight is 482 g/mol. The molecule has 2 saturated heterocycles. The summed E-state index contributed by atoms with van der Waals surface area (Å²) in [5.74, 6) is -2.30. The number of carbonyl (C=O) groups excluding carboxylic acids is 2. The van der Waals surface area contributed by atoms with Gasteiger partial charge in [0.1, 0.15) is 29.2 Å². The number of benzene rings is 2. The van der Waals surface area contributed by atoms with E-state index in [4.69, 9.17) is 16.3 Å². The van der Waals surface area contributed by atoms with Gasteiger partial charge in [-0.2, -0.15) is 0 Å². The van der Waals surface area contributed by atoms with Crippen LogP contribution < -0.4 is 20.3 Å². The molecule has 2 amide bonds. The molecule has 2 aliphatic rings. The maximum Gasteiger partial charge on any atom is 0.249 e. The fraction of sp³-hybridized carbons (Fsp3) is 0.391. The van der Waals surface area contributed by atoms with Crippen molar-refractivity contribution in [2.75, 3.05) is 30.4 Å². The van der Waals surface area contributed by atoms with E-state index in [9.17, 15) is 18.4 Å². The number of hydrogen-bond donors (Lipinski definition) is 2. The Kier molecular flexibility index (Phi) is 6.69. The largest absolute Gasteiger partial charge is 0.495 e. The van der Waals surface area contributed by atoms with Crippen LogP contribution in [0.25, 0.3) is 0 Å². The molecule has 6 nitrogen and oxygen atoms in total. The molecule has 0 aromatic heterocycles. The number of nitrogens with zero attached hydrogens (tertiary/aromatic N) is 1. The Morgan fingerprint density at radius 1 is 1.03 bits per heavy atom. The number of rotatable bonds is 5. The van der Waals surface area contributed by atoms with Crippen LogP contribution in [0.3, 0.4) is 0 Å². The minimum absolute atomic E-state index is 0.136. The van der Waals surface area contributed by atoms with Gasteiger partial charge in [-0.05, 0) is 42.9 Å². The van der Waals surface area contributed by atoms with Gasteiger partial charge >= 0.3 is 0 Å². The van der Waals surface area contributed by atoms with Crippen molar-refractivity contribution in [3.8, 4) is 5.75 Å². The molecule has 0 spiro atoms. The van der Waals surface area contributed by atoms with Crippen LogP contribution in [0.4, 0.5) is 24.5 Å². The van der Waals surface area contributed by atoms with Gasteiger partial charge in [0.25, 0.3) is 0 Å². The Bertz CT molecular complexity index is 1090. The van der Waals surface area contributed by atoms with Crippen LogP contribution in [0.5, 0.6) is 5.75 Å². The van der Waals surface area contributed by atoms with Crippen molar-refractivity contribution in [1.82, 2.24) is 5.32 Å². The first-order chi connectivity index (χ1) is 15.8. The number of hydrogen-bond acceptors (Lipinski definition) is 5. The maximum absolute atomic E-state index is 15.1. The minimum Gasteiger partial charge on any atom is -0.495 e. The molecule has 0 saturated carbocycles. The van der Waals surface area contributed by atoms with E-state index in [-0.39, 0.29) is 29.0 Å². The summed E-state index contributed by atoms with van der Waals surface area (Å²) in [7, 11) is 1.45. The third kappa shape index (κ3) is 4.88. The van der Waals surface area contributed by atoms with Gasteiger partial charge < -0.3 is 15.0 Å². The summed E-state index contributed by atoms with van der Waals surface area (Å²) >= 11 is 5.63. The number of methoxy groups -OCH3 is 1. The first-order valence-electron chi connectivity index (χ1n) is 10.6. The van der Waals surface area contributed by atoms with Crippen molar-refractivity contribution in [2.24, 2.45) is 0 Å². The normalized spacial score (nSPS) is 19.4. The van der Waals surface area contributed by atoms with Gasteiger partial charge in [-0.1, -0.05) is 11.6 Å². The van der Waals surface area contributed by atoms with Gasteiger partial charge in [0.2, 0.25) is 11.8 Å². The summed E-state index contributed by atoms with van der Waals surface area (Å²) in [6.07, 6.45) is 1.56. The first-order valence-corrected chi connectivity index (χ1v) is 11.0. The quantitative estimate of drug-likeness (QED) is 0.490. The van der Waals surface area contributed by atoms with Crippen molar-refractivity contribution < 1.29 is 27.5 Å². The SMILES string of the molecule is COc1cc(C2CCN(c3cc(F)c(Cl)cc3F)CC2)c(F)cc1NC1CCC(=O)NC1=O. The van der Waals surface area contributed by atoms with E-state index >= 15 is 4.39 Å². The number of halogens is 4.